The van der Waals surface area contributed by atoms with Crippen molar-refractivity contribution < 1.29 is 14.3 Å². The zero-order valence-corrected chi connectivity index (χ0v) is 15.4. The lowest BCUT2D eigenvalue weighted by Gasteiger charge is -2.37. The van der Waals surface area contributed by atoms with Gasteiger partial charge in [-0.15, -0.1) is 0 Å². The second kappa shape index (κ2) is 7.56. The van der Waals surface area contributed by atoms with Crippen LogP contribution in [0.4, 0.5) is 0 Å². The van der Waals surface area contributed by atoms with E-state index < -0.39 is 0 Å². The Morgan fingerprint density at radius 2 is 2.08 bits per heavy atom. The van der Waals surface area contributed by atoms with E-state index >= 15 is 0 Å². The van der Waals surface area contributed by atoms with Crippen molar-refractivity contribution in [2.75, 3.05) is 26.7 Å². The third-order valence-electron chi connectivity index (χ3n) is 5.34. The van der Waals surface area contributed by atoms with Crippen LogP contribution < -0.4 is 0 Å². The van der Waals surface area contributed by atoms with Crippen LogP contribution in [0.2, 0.25) is 0 Å². The Balaban J connectivity index is 1.49. The Labute approximate surface area is 148 Å². The first-order chi connectivity index (χ1) is 12.0. The van der Waals surface area contributed by atoms with Gasteiger partial charge in [-0.1, -0.05) is 0 Å². The van der Waals surface area contributed by atoms with Gasteiger partial charge in [0.15, 0.2) is 0 Å². The molecule has 138 valence electrons. The number of aryl methyl sites for hydroxylation is 3. The first-order valence-corrected chi connectivity index (χ1v) is 9.12. The Morgan fingerprint density at radius 3 is 2.80 bits per heavy atom. The van der Waals surface area contributed by atoms with Crippen LogP contribution in [0.15, 0.2) is 6.07 Å². The fourth-order valence-electron chi connectivity index (χ4n) is 3.85. The number of nitrogens with zero attached hydrogens (tertiary/aromatic N) is 4. The van der Waals surface area contributed by atoms with Gasteiger partial charge in [0.25, 0.3) is 0 Å². The number of likely N-dealkylation sites (N-methyl/N-ethyl adjacent to an activating group) is 1. The fourth-order valence-corrected chi connectivity index (χ4v) is 3.85. The molecule has 0 unspecified atom stereocenters. The van der Waals surface area contributed by atoms with Crippen LogP contribution in [-0.4, -0.2) is 70.3 Å². The molecule has 0 aromatic carbocycles. The van der Waals surface area contributed by atoms with Crippen molar-refractivity contribution in [3.05, 3.63) is 17.5 Å². The van der Waals surface area contributed by atoms with Crippen molar-refractivity contribution in [2.24, 2.45) is 0 Å². The lowest BCUT2D eigenvalue weighted by atomic mass is 10.0. The van der Waals surface area contributed by atoms with Crippen LogP contribution >= 0.6 is 0 Å². The first kappa shape index (κ1) is 17.9. The van der Waals surface area contributed by atoms with Crippen molar-refractivity contribution in [3.63, 3.8) is 0 Å². The zero-order chi connectivity index (χ0) is 18.0. The third-order valence-corrected chi connectivity index (χ3v) is 5.34. The van der Waals surface area contributed by atoms with Gasteiger partial charge in [-0.3, -0.25) is 14.3 Å². The molecule has 7 nitrogen and oxygen atoms in total. The lowest BCUT2D eigenvalue weighted by molar-refractivity contribution is -0.154. The Hall–Kier alpha value is -1.89. The van der Waals surface area contributed by atoms with E-state index in [9.17, 15) is 9.59 Å². The number of morpholine rings is 1. The van der Waals surface area contributed by atoms with Gasteiger partial charge in [0.2, 0.25) is 11.8 Å². The summed E-state index contributed by atoms with van der Waals surface area (Å²) in [6.45, 7) is 6.35. The highest BCUT2D eigenvalue weighted by Crippen LogP contribution is 2.23. The van der Waals surface area contributed by atoms with Crippen LogP contribution in [0.3, 0.4) is 0 Å². The second-order valence-corrected chi connectivity index (χ2v) is 7.13. The second-order valence-electron chi connectivity index (χ2n) is 7.13. The van der Waals surface area contributed by atoms with Crippen molar-refractivity contribution >= 4 is 11.8 Å². The standard InChI is InChI=1S/C18H28N4O3/c1-13-11-14(2)22(19-13)8-4-5-17(23)21-9-6-15-16(7-10-21)25-12-18(24)20(15)3/h11,15-16H,4-10,12H2,1-3H3/t15-,16-/m0/s1. The topological polar surface area (TPSA) is 67.7 Å². The highest BCUT2D eigenvalue weighted by Gasteiger charge is 2.36. The molecule has 0 N–H and O–H groups in total. The molecule has 0 bridgehead atoms. The first-order valence-electron chi connectivity index (χ1n) is 9.12. The van der Waals surface area contributed by atoms with E-state index in [1.807, 2.05) is 30.5 Å². The molecule has 3 rings (SSSR count). The molecule has 0 saturated carbocycles. The van der Waals surface area contributed by atoms with E-state index in [0.29, 0.717) is 19.5 Å². The van der Waals surface area contributed by atoms with Crippen LogP contribution in [0.5, 0.6) is 0 Å². The minimum atomic E-state index is 0.0333. The maximum atomic E-state index is 12.6. The molecule has 2 atom stereocenters. The number of carbonyl (C=O) groups excluding carboxylic acids is 2. The smallest absolute Gasteiger partial charge is 0.248 e. The normalized spacial score (nSPS) is 24.2. The summed E-state index contributed by atoms with van der Waals surface area (Å²) in [5.74, 6) is 0.222. The number of rotatable bonds is 4. The number of fused-ring (bicyclic) bond motifs is 1. The Bertz CT molecular complexity index is 642. The predicted octanol–water partition coefficient (Wildman–Crippen LogP) is 1.13. The maximum absolute atomic E-state index is 12.6. The number of carbonyl (C=O) groups is 2. The largest absolute Gasteiger partial charge is 0.366 e. The Kier molecular flexibility index (Phi) is 5.42. The number of hydrogen-bond donors (Lipinski definition) is 0. The van der Waals surface area contributed by atoms with E-state index in [-0.39, 0.29) is 30.6 Å². The summed E-state index contributed by atoms with van der Waals surface area (Å²) in [5, 5.41) is 4.44. The van der Waals surface area contributed by atoms with E-state index in [4.69, 9.17) is 4.74 Å². The summed E-state index contributed by atoms with van der Waals surface area (Å²) in [7, 11) is 1.84. The average Bonchev–Trinajstić information content (AvgIpc) is 2.78. The number of ether oxygens (including phenoxy) is 1. The molecule has 25 heavy (non-hydrogen) atoms. The van der Waals surface area contributed by atoms with Gasteiger partial charge < -0.3 is 14.5 Å². The van der Waals surface area contributed by atoms with Gasteiger partial charge >= 0.3 is 0 Å². The fraction of sp³-hybridized carbons (Fsp3) is 0.722. The molecule has 7 heteroatoms. The third kappa shape index (κ3) is 4.03. The summed E-state index contributed by atoms with van der Waals surface area (Å²) in [6, 6.07) is 2.14. The molecule has 2 aliphatic heterocycles. The quantitative estimate of drug-likeness (QED) is 0.818. The van der Waals surface area contributed by atoms with Gasteiger partial charge in [0, 0.05) is 38.8 Å². The predicted molar refractivity (Wildman–Crippen MR) is 93.0 cm³/mol. The molecule has 3 heterocycles. The van der Waals surface area contributed by atoms with Crippen LogP contribution in [0.1, 0.15) is 37.1 Å². The highest BCUT2D eigenvalue weighted by molar-refractivity contribution is 5.78. The highest BCUT2D eigenvalue weighted by atomic mass is 16.5. The van der Waals surface area contributed by atoms with Crippen molar-refractivity contribution in [3.8, 4) is 0 Å². The van der Waals surface area contributed by atoms with Crippen molar-refractivity contribution in [2.45, 2.75) is 58.2 Å². The van der Waals surface area contributed by atoms with Gasteiger partial charge in [0.05, 0.1) is 17.8 Å². The van der Waals surface area contributed by atoms with Crippen molar-refractivity contribution in [1.29, 1.82) is 0 Å². The molecule has 1 aromatic heterocycles. The summed E-state index contributed by atoms with van der Waals surface area (Å²) in [6.07, 6.45) is 2.96. The van der Waals surface area contributed by atoms with Gasteiger partial charge in [-0.2, -0.15) is 5.10 Å². The number of hydrogen-bond acceptors (Lipinski definition) is 4. The molecule has 2 aliphatic rings. The average molecular weight is 348 g/mol. The van der Waals surface area contributed by atoms with Gasteiger partial charge in [-0.05, 0) is 39.2 Å². The van der Waals surface area contributed by atoms with Crippen LogP contribution in [0, 0.1) is 13.8 Å². The number of likely N-dealkylation sites (tertiary alicyclic amines) is 1. The Morgan fingerprint density at radius 1 is 1.32 bits per heavy atom. The summed E-state index contributed by atoms with van der Waals surface area (Å²) >= 11 is 0. The van der Waals surface area contributed by atoms with E-state index in [0.717, 1.165) is 37.2 Å². The van der Waals surface area contributed by atoms with E-state index in [2.05, 4.69) is 11.2 Å². The molecule has 2 fully saturated rings. The van der Waals surface area contributed by atoms with Crippen LogP contribution in [0.25, 0.3) is 0 Å². The minimum absolute atomic E-state index is 0.0333. The molecule has 0 radical (unpaired) electrons. The lowest BCUT2D eigenvalue weighted by Crippen LogP contribution is -2.52. The van der Waals surface area contributed by atoms with Gasteiger partial charge in [0.1, 0.15) is 6.61 Å². The minimum Gasteiger partial charge on any atom is -0.366 e. The monoisotopic (exact) mass is 348 g/mol. The number of aromatic nitrogens is 2. The molecular weight excluding hydrogens is 320 g/mol. The summed E-state index contributed by atoms with van der Waals surface area (Å²) in [4.78, 5) is 28.1. The zero-order valence-electron chi connectivity index (χ0n) is 15.4. The SMILES string of the molecule is Cc1cc(C)n(CCCC(=O)N2CC[C@@H]3OCC(=O)N(C)[C@H]3CC2)n1. The maximum Gasteiger partial charge on any atom is 0.248 e. The van der Waals surface area contributed by atoms with Crippen molar-refractivity contribution in [1.82, 2.24) is 19.6 Å². The molecule has 2 amide bonds. The van der Waals surface area contributed by atoms with Crippen LogP contribution in [-0.2, 0) is 20.9 Å². The number of amides is 2. The van der Waals surface area contributed by atoms with E-state index in [1.165, 1.54) is 0 Å². The molecule has 0 spiro atoms. The molecule has 2 saturated heterocycles. The summed E-state index contributed by atoms with van der Waals surface area (Å²) < 4.78 is 7.65. The molecular formula is C18H28N4O3. The van der Waals surface area contributed by atoms with Gasteiger partial charge in [-0.25, -0.2) is 0 Å². The summed E-state index contributed by atoms with van der Waals surface area (Å²) in [5.41, 5.74) is 2.14. The van der Waals surface area contributed by atoms with E-state index in [1.54, 1.807) is 4.90 Å². The molecule has 0 aliphatic carbocycles. The molecule has 1 aromatic rings.